The van der Waals surface area contributed by atoms with Gasteiger partial charge in [0.15, 0.2) is 0 Å². The van der Waals surface area contributed by atoms with Gasteiger partial charge in [0.05, 0.1) is 11.2 Å². The number of aryl methyl sites for hydroxylation is 1. The minimum atomic E-state index is -0.386. The average molecular weight is 316 g/mol. The van der Waals surface area contributed by atoms with E-state index >= 15 is 0 Å². The van der Waals surface area contributed by atoms with E-state index in [9.17, 15) is 4.79 Å². The third kappa shape index (κ3) is 3.02. The molecule has 0 N–H and O–H groups in total. The predicted octanol–water partition coefficient (Wildman–Crippen LogP) is 1.86. The summed E-state index contributed by atoms with van der Waals surface area (Å²) in [7, 11) is -0.386. The van der Waals surface area contributed by atoms with Crippen LogP contribution in [0.25, 0.3) is 0 Å². The molecule has 2 aliphatic heterocycles. The normalized spacial score (nSPS) is 23.4. The number of carbonyl (C=O) groups excluding carboxylic acids is 1. The number of piperidine rings is 1. The molecular formula is C17H25BN2O3. The fourth-order valence-corrected chi connectivity index (χ4v) is 3.00. The highest BCUT2D eigenvalue weighted by Crippen LogP contribution is 2.36. The van der Waals surface area contributed by atoms with Crippen molar-refractivity contribution in [3.8, 4) is 0 Å². The van der Waals surface area contributed by atoms with Crippen LogP contribution in [0.15, 0.2) is 12.3 Å². The lowest BCUT2D eigenvalue weighted by atomic mass is 9.79. The number of anilines is 1. The molecule has 0 radical (unpaired) electrons. The van der Waals surface area contributed by atoms with Crippen LogP contribution in [0.2, 0.25) is 0 Å². The Morgan fingerprint density at radius 1 is 1.13 bits per heavy atom. The van der Waals surface area contributed by atoms with Gasteiger partial charge in [-0.25, -0.2) is 4.98 Å². The molecule has 124 valence electrons. The van der Waals surface area contributed by atoms with Crippen molar-refractivity contribution >= 4 is 24.2 Å². The lowest BCUT2D eigenvalue weighted by molar-refractivity contribution is -0.119. The van der Waals surface area contributed by atoms with E-state index in [2.05, 4.69) is 16.0 Å². The molecule has 23 heavy (non-hydrogen) atoms. The molecule has 3 rings (SSSR count). The minimum Gasteiger partial charge on any atom is -0.399 e. The van der Waals surface area contributed by atoms with E-state index < -0.39 is 0 Å². The van der Waals surface area contributed by atoms with Crippen LogP contribution >= 0.6 is 0 Å². The van der Waals surface area contributed by atoms with Crippen LogP contribution in [-0.2, 0) is 14.1 Å². The Bertz CT molecular complexity index is 604. The molecule has 0 saturated carbocycles. The van der Waals surface area contributed by atoms with Crippen molar-refractivity contribution in [2.75, 3.05) is 18.0 Å². The second-order valence-electron chi connectivity index (χ2n) is 7.52. The summed E-state index contributed by atoms with van der Waals surface area (Å²) >= 11 is 0. The predicted molar refractivity (Wildman–Crippen MR) is 91.1 cm³/mol. The highest BCUT2D eigenvalue weighted by atomic mass is 16.7. The van der Waals surface area contributed by atoms with Crippen LogP contribution in [0.5, 0.6) is 0 Å². The Hall–Kier alpha value is -1.40. The zero-order valence-electron chi connectivity index (χ0n) is 14.7. The maximum absolute atomic E-state index is 11.4. The highest BCUT2D eigenvalue weighted by molar-refractivity contribution is 6.62. The lowest BCUT2D eigenvalue weighted by Crippen LogP contribution is -2.41. The third-order valence-corrected chi connectivity index (χ3v) is 5.22. The molecule has 0 aromatic carbocycles. The Morgan fingerprint density at radius 3 is 2.22 bits per heavy atom. The summed E-state index contributed by atoms with van der Waals surface area (Å²) in [6.45, 7) is 11.7. The van der Waals surface area contributed by atoms with Gasteiger partial charge >= 0.3 is 7.12 Å². The minimum absolute atomic E-state index is 0.341. The van der Waals surface area contributed by atoms with Crippen molar-refractivity contribution < 1.29 is 14.1 Å². The van der Waals surface area contributed by atoms with Gasteiger partial charge in [-0.1, -0.05) is 6.07 Å². The van der Waals surface area contributed by atoms with Crippen LogP contribution in [0.1, 0.15) is 46.1 Å². The first-order valence-corrected chi connectivity index (χ1v) is 8.28. The highest BCUT2D eigenvalue weighted by Gasteiger charge is 2.51. The molecular weight excluding hydrogens is 291 g/mol. The largest absolute Gasteiger partial charge is 0.496 e. The standard InChI is InChI=1S/C17H25BN2O3/c1-12-10-13(18-22-16(2,3)17(4,5)23-18)11-19-15(12)20-8-6-14(21)7-9-20/h10-11H,6-9H2,1-5H3. The summed E-state index contributed by atoms with van der Waals surface area (Å²) in [5, 5.41) is 0. The Morgan fingerprint density at radius 2 is 1.70 bits per heavy atom. The van der Waals surface area contributed by atoms with E-state index in [1.165, 1.54) is 0 Å². The molecule has 0 spiro atoms. The number of rotatable bonds is 2. The van der Waals surface area contributed by atoms with Gasteiger partial charge in [0, 0.05) is 37.6 Å². The molecule has 5 nitrogen and oxygen atoms in total. The first-order chi connectivity index (χ1) is 10.7. The van der Waals surface area contributed by atoms with Crippen molar-refractivity contribution in [3.63, 3.8) is 0 Å². The summed E-state index contributed by atoms with van der Waals surface area (Å²) in [5.74, 6) is 1.30. The van der Waals surface area contributed by atoms with Gasteiger partial charge in [0.25, 0.3) is 0 Å². The first kappa shape index (κ1) is 16.5. The van der Waals surface area contributed by atoms with Crippen LogP contribution in [0.4, 0.5) is 5.82 Å². The van der Waals surface area contributed by atoms with Gasteiger partial charge in [0.2, 0.25) is 0 Å². The van der Waals surface area contributed by atoms with Gasteiger partial charge in [-0.2, -0.15) is 0 Å². The zero-order valence-corrected chi connectivity index (χ0v) is 14.7. The Balaban J connectivity index is 1.79. The molecule has 2 saturated heterocycles. The molecule has 2 aliphatic rings. The summed E-state index contributed by atoms with van der Waals surface area (Å²) in [4.78, 5) is 18.2. The number of pyridine rings is 1. The topological polar surface area (TPSA) is 51.7 Å². The quantitative estimate of drug-likeness (QED) is 0.780. The Kier molecular flexibility index (Phi) is 4.01. The van der Waals surface area contributed by atoms with Gasteiger partial charge in [-0.05, 0) is 40.2 Å². The average Bonchev–Trinajstić information content (AvgIpc) is 2.68. The van der Waals surface area contributed by atoms with Crippen molar-refractivity contribution in [1.29, 1.82) is 0 Å². The lowest BCUT2D eigenvalue weighted by Gasteiger charge is -2.32. The summed E-state index contributed by atoms with van der Waals surface area (Å²) < 4.78 is 12.2. The number of carbonyl (C=O) groups is 1. The molecule has 2 fully saturated rings. The number of Topliss-reactive ketones (excluding diaryl/α,β-unsaturated/α-hetero) is 1. The first-order valence-electron chi connectivity index (χ1n) is 8.28. The summed E-state index contributed by atoms with van der Waals surface area (Å²) in [6.07, 6.45) is 3.06. The van der Waals surface area contributed by atoms with Crippen molar-refractivity contribution in [1.82, 2.24) is 4.98 Å². The SMILES string of the molecule is Cc1cc(B2OC(C)(C)C(C)(C)O2)cnc1N1CCC(=O)CC1. The molecule has 0 aliphatic carbocycles. The molecule has 3 heterocycles. The summed E-state index contributed by atoms with van der Waals surface area (Å²) in [5.41, 5.74) is 1.33. The molecule has 0 amide bonds. The number of hydrogen-bond donors (Lipinski definition) is 0. The summed E-state index contributed by atoms with van der Waals surface area (Å²) in [6, 6.07) is 2.08. The number of hydrogen-bond acceptors (Lipinski definition) is 5. The third-order valence-electron chi connectivity index (χ3n) is 5.22. The van der Waals surface area contributed by atoms with E-state index in [0.717, 1.165) is 29.9 Å². The van der Waals surface area contributed by atoms with Gasteiger partial charge in [-0.3, -0.25) is 4.79 Å². The second kappa shape index (κ2) is 5.60. The van der Waals surface area contributed by atoms with Crippen LogP contribution in [0, 0.1) is 6.92 Å². The molecule has 0 atom stereocenters. The smallest absolute Gasteiger partial charge is 0.399 e. The van der Waals surface area contributed by atoms with E-state index in [1.54, 1.807) is 0 Å². The molecule has 0 bridgehead atoms. The molecule has 1 aromatic rings. The second-order valence-corrected chi connectivity index (χ2v) is 7.52. The maximum atomic E-state index is 11.4. The molecule has 1 aromatic heterocycles. The van der Waals surface area contributed by atoms with E-state index in [1.807, 2.05) is 40.8 Å². The van der Waals surface area contributed by atoms with Crippen molar-refractivity contribution in [3.05, 3.63) is 17.8 Å². The van der Waals surface area contributed by atoms with E-state index in [0.29, 0.717) is 18.6 Å². The van der Waals surface area contributed by atoms with Gasteiger partial charge in [-0.15, -0.1) is 0 Å². The number of ketones is 1. The van der Waals surface area contributed by atoms with Crippen LogP contribution in [0.3, 0.4) is 0 Å². The number of aromatic nitrogens is 1. The van der Waals surface area contributed by atoms with Crippen molar-refractivity contribution in [2.24, 2.45) is 0 Å². The fourth-order valence-electron chi connectivity index (χ4n) is 3.00. The van der Waals surface area contributed by atoms with Crippen LogP contribution in [-0.4, -0.2) is 42.2 Å². The monoisotopic (exact) mass is 316 g/mol. The van der Waals surface area contributed by atoms with Crippen LogP contribution < -0.4 is 10.4 Å². The van der Waals surface area contributed by atoms with Gasteiger partial charge in [0.1, 0.15) is 11.6 Å². The fraction of sp³-hybridized carbons (Fsp3) is 0.647. The molecule has 6 heteroatoms. The van der Waals surface area contributed by atoms with E-state index in [-0.39, 0.29) is 18.3 Å². The number of nitrogens with zero attached hydrogens (tertiary/aromatic N) is 2. The Labute approximate surface area is 138 Å². The van der Waals surface area contributed by atoms with Gasteiger partial charge < -0.3 is 14.2 Å². The van der Waals surface area contributed by atoms with Crippen molar-refractivity contribution in [2.45, 2.75) is 58.7 Å². The molecule has 0 unspecified atom stereocenters. The maximum Gasteiger partial charge on any atom is 0.496 e. The zero-order chi connectivity index (χ0) is 16.8. The van der Waals surface area contributed by atoms with E-state index in [4.69, 9.17) is 9.31 Å².